The van der Waals surface area contributed by atoms with Gasteiger partial charge in [-0.25, -0.2) is 9.50 Å². The molecule has 0 amide bonds. The highest BCUT2D eigenvalue weighted by atomic mass is 35.5. The van der Waals surface area contributed by atoms with E-state index in [1.54, 1.807) is 16.6 Å². The van der Waals surface area contributed by atoms with Gasteiger partial charge in [-0.3, -0.25) is 0 Å². The first-order chi connectivity index (χ1) is 18.3. The van der Waals surface area contributed by atoms with Crippen LogP contribution in [0.25, 0.3) is 5.52 Å². The average Bonchev–Trinajstić information content (AvgIpc) is 3.32. The van der Waals surface area contributed by atoms with Crippen molar-refractivity contribution in [2.75, 3.05) is 6.61 Å². The molecule has 0 aromatic carbocycles. The summed E-state index contributed by atoms with van der Waals surface area (Å²) in [5, 5.41) is 17.3. The van der Waals surface area contributed by atoms with Crippen molar-refractivity contribution in [1.29, 1.82) is 0 Å². The van der Waals surface area contributed by atoms with Crippen molar-refractivity contribution >= 4 is 42.1 Å². The predicted molar refractivity (Wildman–Crippen MR) is 174 cm³/mol. The van der Waals surface area contributed by atoms with E-state index in [0.29, 0.717) is 16.4 Å². The zero-order valence-electron chi connectivity index (χ0n) is 28.0. The minimum atomic E-state index is -2.44. The van der Waals surface area contributed by atoms with Crippen LogP contribution in [-0.2, 0) is 23.8 Å². The second-order valence-electron chi connectivity index (χ2n) is 16.1. The van der Waals surface area contributed by atoms with Gasteiger partial charge in [-0.15, -0.1) is 0 Å². The molecule has 1 N–H and O–H groups in total. The standard InChI is InChI=1S/C29H54ClN3O5Si3/c1-26(2,3)39(10,11)35-18-21-23(37-40(12,13)27(4,5)6)24(38-41(14,15)28(7,8)9)29(34,36-21)22-17-16-20-25(30)31-19-32-33(20)22/h16-17,19,21,23-24,34H,18H2,1-15H3/t21-,23-,24-,29?/m1/s1. The lowest BCUT2D eigenvalue weighted by Gasteiger charge is -2.45. The van der Waals surface area contributed by atoms with Crippen LogP contribution in [0.1, 0.15) is 68.0 Å². The number of hydrogen-bond donors (Lipinski definition) is 1. The highest BCUT2D eigenvalue weighted by Crippen LogP contribution is 2.49. The van der Waals surface area contributed by atoms with Gasteiger partial charge in [0, 0.05) is 0 Å². The molecule has 1 fully saturated rings. The molecule has 1 aliphatic heterocycles. The van der Waals surface area contributed by atoms with E-state index in [9.17, 15) is 5.11 Å². The molecule has 2 aromatic rings. The molecule has 3 rings (SSSR count). The molecule has 4 atom stereocenters. The SMILES string of the molecule is CC(C)(C)[Si](C)(C)OC[C@H]1OC(O)(c2ccc3c(Cl)ncnn23)[C@H](O[Si](C)(C)C(C)(C)C)[C@@H]1O[Si](C)(C)C(C)(C)C. The topological polar surface area (TPSA) is 87.3 Å². The fraction of sp³-hybridized carbons (Fsp3) is 0.793. The van der Waals surface area contributed by atoms with Crippen molar-refractivity contribution in [1.82, 2.24) is 14.6 Å². The average molecular weight is 644 g/mol. The van der Waals surface area contributed by atoms with Crippen LogP contribution in [0.3, 0.4) is 0 Å². The molecule has 0 saturated carbocycles. The van der Waals surface area contributed by atoms with E-state index < -0.39 is 49.1 Å². The molecule has 0 spiro atoms. The van der Waals surface area contributed by atoms with E-state index in [1.165, 1.54) is 6.33 Å². The van der Waals surface area contributed by atoms with E-state index in [1.807, 2.05) is 0 Å². The Morgan fingerprint density at radius 1 is 0.878 bits per heavy atom. The monoisotopic (exact) mass is 643 g/mol. The molecule has 12 heteroatoms. The van der Waals surface area contributed by atoms with Crippen LogP contribution in [0, 0.1) is 0 Å². The first kappa shape index (κ1) is 34.8. The number of fused-ring (bicyclic) bond motifs is 1. The van der Waals surface area contributed by atoms with Crippen LogP contribution in [-0.4, -0.2) is 69.6 Å². The Bertz CT molecular complexity index is 1230. The molecular formula is C29H54ClN3O5Si3. The third-order valence-electron chi connectivity index (χ3n) is 10.0. The van der Waals surface area contributed by atoms with Gasteiger partial charge in [0.2, 0.25) is 5.79 Å². The third kappa shape index (κ3) is 6.73. The van der Waals surface area contributed by atoms with Gasteiger partial charge in [0.05, 0.1) is 6.61 Å². The minimum absolute atomic E-state index is 0.0140. The molecule has 0 bridgehead atoms. The molecule has 234 valence electrons. The maximum atomic E-state index is 12.7. The Kier molecular flexibility index (Phi) is 9.40. The van der Waals surface area contributed by atoms with Crippen LogP contribution in [0.2, 0.25) is 59.5 Å². The van der Waals surface area contributed by atoms with Gasteiger partial charge in [-0.05, 0) is 66.5 Å². The van der Waals surface area contributed by atoms with Crippen molar-refractivity contribution < 1.29 is 23.1 Å². The smallest absolute Gasteiger partial charge is 0.239 e. The highest BCUT2D eigenvalue weighted by Gasteiger charge is 2.62. The Morgan fingerprint density at radius 3 is 1.90 bits per heavy atom. The van der Waals surface area contributed by atoms with E-state index in [-0.39, 0.29) is 21.7 Å². The van der Waals surface area contributed by atoms with Gasteiger partial charge >= 0.3 is 0 Å². The van der Waals surface area contributed by atoms with Gasteiger partial charge in [0.25, 0.3) is 0 Å². The van der Waals surface area contributed by atoms with Gasteiger partial charge < -0.3 is 23.1 Å². The first-order valence-electron chi connectivity index (χ1n) is 14.6. The first-order valence-corrected chi connectivity index (χ1v) is 23.7. The zero-order valence-corrected chi connectivity index (χ0v) is 31.7. The molecule has 8 nitrogen and oxygen atoms in total. The Hall–Kier alpha value is -0.639. The fourth-order valence-corrected chi connectivity index (χ4v) is 7.89. The number of nitrogens with zero attached hydrogens (tertiary/aromatic N) is 3. The maximum absolute atomic E-state index is 12.7. The van der Waals surface area contributed by atoms with Gasteiger partial charge in [0.1, 0.15) is 35.8 Å². The summed E-state index contributed by atoms with van der Waals surface area (Å²) in [6.07, 6.45) is -0.580. The van der Waals surface area contributed by atoms with Crippen LogP contribution in [0.15, 0.2) is 18.5 Å². The molecule has 0 radical (unpaired) electrons. The molecular weight excluding hydrogens is 590 g/mol. The van der Waals surface area contributed by atoms with Crippen molar-refractivity contribution in [2.45, 2.75) is 141 Å². The molecule has 1 unspecified atom stereocenters. The Labute approximate surface area is 255 Å². The van der Waals surface area contributed by atoms with Crippen molar-refractivity contribution in [2.24, 2.45) is 0 Å². The Morgan fingerprint density at radius 2 is 1.39 bits per heavy atom. The van der Waals surface area contributed by atoms with Gasteiger partial charge in [0.15, 0.2) is 30.1 Å². The fourth-order valence-electron chi connectivity index (χ4n) is 4.10. The van der Waals surface area contributed by atoms with Crippen molar-refractivity contribution in [3.8, 4) is 0 Å². The van der Waals surface area contributed by atoms with E-state index in [0.717, 1.165) is 0 Å². The maximum Gasteiger partial charge on any atom is 0.239 e. The summed E-state index contributed by atoms with van der Waals surface area (Å²) in [6.45, 7) is 33.4. The summed E-state index contributed by atoms with van der Waals surface area (Å²) in [7, 11) is -6.93. The molecule has 1 saturated heterocycles. The van der Waals surface area contributed by atoms with E-state index in [2.05, 4.69) is 112 Å². The zero-order chi connectivity index (χ0) is 31.6. The summed E-state index contributed by atoms with van der Waals surface area (Å²) in [5.41, 5.74) is 1.01. The van der Waals surface area contributed by atoms with Crippen LogP contribution < -0.4 is 0 Å². The molecule has 3 heterocycles. The summed E-state index contributed by atoms with van der Waals surface area (Å²) >= 11 is 6.41. The second kappa shape index (κ2) is 11.1. The summed E-state index contributed by atoms with van der Waals surface area (Å²) in [6, 6.07) is 3.59. The largest absolute Gasteiger partial charge is 0.414 e. The predicted octanol–water partition coefficient (Wildman–Crippen LogP) is 7.73. The lowest BCUT2D eigenvalue weighted by molar-refractivity contribution is -0.239. The summed E-state index contributed by atoms with van der Waals surface area (Å²) in [4.78, 5) is 4.12. The Balaban J connectivity index is 2.22. The molecule has 2 aromatic heterocycles. The van der Waals surface area contributed by atoms with Crippen molar-refractivity contribution in [3.05, 3.63) is 29.3 Å². The quantitative estimate of drug-likeness (QED) is 0.295. The number of rotatable bonds is 8. The summed E-state index contributed by atoms with van der Waals surface area (Å²) in [5.74, 6) is -1.87. The normalized spacial score (nSPS) is 25.3. The lowest BCUT2D eigenvalue weighted by Crippen LogP contribution is -2.56. The van der Waals surface area contributed by atoms with Crippen LogP contribution in [0.5, 0.6) is 0 Å². The van der Waals surface area contributed by atoms with Crippen LogP contribution in [0.4, 0.5) is 0 Å². The number of hydrogen-bond acceptors (Lipinski definition) is 7. The number of halogens is 1. The summed E-state index contributed by atoms with van der Waals surface area (Å²) < 4.78 is 29.3. The molecule has 1 aliphatic rings. The second-order valence-corrected chi connectivity index (χ2v) is 30.8. The van der Waals surface area contributed by atoms with E-state index in [4.69, 9.17) is 29.6 Å². The van der Waals surface area contributed by atoms with E-state index >= 15 is 0 Å². The lowest BCUT2D eigenvalue weighted by atomic mass is 10.0. The number of ether oxygens (including phenoxy) is 1. The van der Waals surface area contributed by atoms with Gasteiger partial charge in [-0.2, -0.15) is 5.10 Å². The number of aliphatic hydroxyl groups is 1. The van der Waals surface area contributed by atoms with Gasteiger partial charge in [-0.1, -0.05) is 73.9 Å². The van der Waals surface area contributed by atoms with Crippen molar-refractivity contribution in [3.63, 3.8) is 0 Å². The highest BCUT2D eigenvalue weighted by molar-refractivity contribution is 6.75. The number of aromatic nitrogens is 3. The third-order valence-corrected chi connectivity index (χ3v) is 23.8. The molecule has 0 aliphatic carbocycles. The van der Waals surface area contributed by atoms with Crippen LogP contribution >= 0.6 is 11.6 Å². The molecule has 41 heavy (non-hydrogen) atoms. The minimum Gasteiger partial charge on any atom is -0.414 e.